The second kappa shape index (κ2) is 4.90. The first-order valence-electron chi connectivity index (χ1n) is 8.97. The molecule has 1 N–H and O–H groups in total. The number of aliphatic carboxylic acids is 1. The second-order valence-electron chi connectivity index (χ2n) is 8.59. The third-order valence-corrected chi connectivity index (χ3v) is 7.55. The zero-order chi connectivity index (χ0) is 17.3. The highest BCUT2D eigenvalue weighted by molar-refractivity contribution is 6.01. The smallest absolute Gasteiger partial charge is 0.307 e. The van der Waals surface area contributed by atoms with Crippen molar-refractivity contribution in [2.45, 2.75) is 46.0 Å². The molecule has 0 heterocycles. The van der Waals surface area contributed by atoms with Crippen molar-refractivity contribution in [2.75, 3.05) is 0 Å². The summed E-state index contributed by atoms with van der Waals surface area (Å²) in [7, 11) is 0. The average Bonchev–Trinajstić information content (AvgIpc) is 2.84. The Balaban J connectivity index is 1.75. The molecule has 0 bridgehead atoms. The standard InChI is InChI=1S/C20H24O4/c1-19-8-7-12(21)9-11(19)3-4-13-14-5-6-15(18(23)24)20(14,2)10-16(22)17(13)19/h7-9,13-15,17H,3-6,10H2,1-2H3,(H,23,24). The lowest BCUT2D eigenvalue weighted by Gasteiger charge is -2.55. The summed E-state index contributed by atoms with van der Waals surface area (Å²) >= 11 is 0. The zero-order valence-corrected chi connectivity index (χ0v) is 14.2. The number of carboxylic acids is 1. The van der Waals surface area contributed by atoms with Gasteiger partial charge >= 0.3 is 5.97 Å². The first-order chi connectivity index (χ1) is 11.3. The minimum Gasteiger partial charge on any atom is -0.481 e. The molecule has 0 amide bonds. The number of Topliss-reactive ketones (excluding diaryl/α,β-unsaturated/α-hetero) is 1. The van der Waals surface area contributed by atoms with Crippen molar-refractivity contribution >= 4 is 17.5 Å². The molecule has 4 aliphatic rings. The van der Waals surface area contributed by atoms with Crippen molar-refractivity contribution in [3.8, 4) is 0 Å². The summed E-state index contributed by atoms with van der Waals surface area (Å²) < 4.78 is 0. The van der Waals surface area contributed by atoms with E-state index >= 15 is 0 Å². The predicted octanol–water partition coefficient (Wildman–Crippen LogP) is 3.17. The molecule has 0 spiro atoms. The van der Waals surface area contributed by atoms with Crippen molar-refractivity contribution in [3.63, 3.8) is 0 Å². The first kappa shape index (κ1) is 15.8. The van der Waals surface area contributed by atoms with Gasteiger partial charge in [0.2, 0.25) is 0 Å². The third kappa shape index (κ3) is 1.88. The van der Waals surface area contributed by atoms with Gasteiger partial charge in [-0.3, -0.25) is 14.4 Å². The fraction of sp³-hybridized carbons (Fsp3) is 0.650. The fourth-order valence-electron chi connectivity index (χ4n) is 6.44. The Labute approximate surface area is 142 Å². The molecule has 128 valence electrons. The van der Waals surface area contributed by atoms with Crippen molar-refractivity contribution in [1.29, 1.82) is 0 Å². The number of carboxylic acid groups (broad SMARTS) is 1. The topological polar surface area (TPSA) is 71.4 Å². The van der Waals surface area contributed by atoms with Crippen LogP contribution in [0, 0.1) is 34.5 Å². The minimum atomic E-state index is -0.753. The van der Waals surface area contributed by atoms with Crippen molar-refractivity contribution in [2.24, 2.45) is 34.5 Å². The van der Waals surface area contributed by atoms with Crippen LogP contribution in [0.25, 0.3) is 0 Å². The quantitative estimate of drug-likeness (QED) is 0.802. The van der Waals surface area contributed by atoms with Gasteiger partial charge in [0.1, 0.15) is 5.78 Å². The van der Waals surface area contributed by atoms with Crippen LogP contribution in [0.3, 0.4) is 0 Å². The summed E-state index contributed by atoms with van der Waals surface area (Å²) in [6.45, 7) is 4.11. The molecule has 3 saturated carbocycles. The van der Waals surface area contributed by atoms with Gasteiger partial charge in [-0.15, -0.1) is 0 Å². The predicted molar refractivity (Wildman–Crippen MR) is 88.1 cm³/mol. The molecule has 0 aliphatic heterocycles. The van der Waals surface area contributed by atoms with Gasteiger partial charge in [-0.1, -0.05) is 25.5 Å². The number of fused-ring (bicyclic) bond motifs is 5. The van der Waals surface area contributed by atoms with E-state index in [1.54, 1.807) is 12.2 Å². The van der Waals surface area contributed by atoms with Gasteiger partial charge in [-0.25, -0.2) is 0 Å². The van der Waals surface area contributed by atoms with E-state index < -0.39 is 17.3 Å². The van der Waals surface area contributed by atoms with E-state index in [9.17, 15) is 19.5 Å². The SMILES string of the molecule is CC12C=CC(=O)C=C1CCC1C2C(=O)CC2(C)C(C(=O)O)CCC12. The van der Waals surface area contributed by atoms with Crippen LogP contribution in [0.4, 0.5) is 0 Å². The molecule has 6 unspecified atom stereocenters. The molecule has 4 rings (SSSR count). The molecule has 4 heteroatoms. The van der Waals surface area contributed by atoms with E-state index in [2.05, 4.69) is 6.92 Å². The normalized spacial score (nSPS) is 46.8. The highest BCUT2D eigenvalue weighted by Crippen LogP contribution is 2.64. The summed E-state index contributed by atoms with van der Waals surface area (Å²) in [6, 6.07) is 0. The lowest BCUT2D eigenvalue weighted by atomic mass is 9.47. The number of hydrogen-bond donors (Lipinski definition) is 1. The van der Waals surface area contributed by atoms with Gasteiger partial charge in [-0.05, 0) is 55.1 Å². The lowest BCUT2D eigenvalue weighted by molar-refractivity contribution is -0.153. The third-order valence-electron chi connectivity index (χ3n) is 7.55. The molecule has 0 radical (unpaired) electrons. The monoisotopic (exact) mass is 328 g/mol. The van der Waals surface area contributed by atoms with Gasteiger partial charge in [0.15, 0.2) is 5.78 Å². The summed E-state index contributed by atoms with van der Waals surface area (Å²) in [5, 5.41) is 9.60. The molecular weight excluding hydrogens is 304 g/mol. The van der Waals surface area contributed by atoms with E-state index in [-0.39, 0.29) is 28.8 Å². The van der Waals surface area contributed by atoms with Crippen LogP contribution in [-0.4, -0.2) is 22.6 Å². The van der Waals surface area contributed by atoms with Gasteiger partial charge in [0, 0.05) is 17.8 Å². The fourth-order valence-corrected chi connectivity index (χ4v) is 6.44. The maximum Gasteiger partial charge on any atom is 0.307 e. The molecule has 0 saturated heterocycles. The van der Waals surface area contributed by atoms with Crippen molar-refractivity contribution in [3.05, 3.63) is 23.8 Å². The van der Waals surface area contributed by atoms with Crippen LogP contribution >= 0.6 is 0 Å². The summed E-state index contributed by atoms with van der Waals surface area (Å²) in [6.07, 6.45) is 8.93. The van der Waals surface area contributed by atoms with Gasteiger partial charge < -0.3 is 5.11 Å². The van der Waals surface area contributed by atoms with Crippen LogP contribution in [-0.2, 0) is 14.4 Å². The Bertz CT molecular complexity index is 702. The van der Waals surface area contributed by atoms with Gasteiger partial charge in [-0.2, -0.15) is 0 Å². The van der Waals surface area contributed by atoms with E-state index in [0.717, 1.165) is 24.8 Å². The molecular formula is C20H24O4. The van der Waals surface area contributed by atoms with E-state index in [1.807, 2.05) is 13.0 Å². The molecule has 0 aromatic heterocycles. The molecule has 3 fully saturated rings. The molecule has 4 aliphatic carbocycles. The largest absolute Gasteiger partial charge is 0.481 e. The maximum atomic E-state index is 13.1. The van der Waals surface area contributed by atoms with E-state index in [1.165, 1.54) is 0 Å². The Hall–Kier alpha value is -1.71. The molecule has 0 aromatic carbocycles. The van der Waals surface area contributed by atoms with Crippen LogP contribution < -0.4 is 0 Å². The summed E-state index contributed by atoms with van der Waals surface area (Å²) in [4.78, 5) is 36.6. The first-order valence-corrected chi connectivity index (χ1v) is 8.97. The molecule has 6 atom stereocenters. The summed E-state index contributed by atoms with van der Waals surface area (Å²) in [5.74, 6) is -0.517. The van der Waals surface area contributed by atoms with Crippen LogP contribution in [0.15, 0.2) is 23.8 Å². The Morgan fingerprint density at radius 2 is 1.96 bits per heavy atom. The number of carbonyl (C=O) groups is 3. The lowest BCUT2D eigenvalue weighted by Crippen LogP contribution is -2.54. The minimum absolute atomic E-state index is 0.0147. The zero-order valence-electron chi connectivity index (χ0n) is 14.2. The number of ketones is 2. The molecule has 24 heavy (non-hydrogen) atoms. The Morgan fingerprint density at radius 1 is 1.21 bits per heavy atom. The Morgan fingerprint density at radius 3 is 2.67 bits per heavy atom. The van der Waals surface area contributed by atoms with Gasteiger partial charge in [0.05, 0.1) is 5.92 Å². The highest BCUT2D eigenvalue weighted by Gasteiger charge is 2.62. The van der Waals surface area contributed by atoms with Crippen molar-refractivity contribution < 1.29 is 19.5 Å². The average molecular weight is 328 g/mol. The number of allylic oxidation sites excluding steroid dienone is 4. The molecule has 0 aromatic rings. The van der Waals surface area contributed by atoms with E-state index in [4.69, 9.17) is 0 Å². The van der Waals surface area contributed by atoms with Crippen LogP contribution in [0.2, 0.25) is 0 Å². The number of rotatable bonds is 1. The van der Waals surface area contributed by atoms with Crippen LogP contribution in [0.5, 0.6) is 0 Å². The van der Waals surface area contributed by atoms with E-state index in [0.29, 0.717) is 18.8 Å². The highest BCUT2D eigenvalue weighted by atomic mass is 16.4. The van der Waals surface area contributed by atoms with Crippen molar-refractivity contribution in [1.82, 2.24) is 0 Å². The molecule has 4 nitrogen and oxygen atoms in total. The Kier molecular flexibility index (Phi) is 3.23. The number of carbonyl (C=O) groups excluding carboxylic acids is 2. The second-order valence-corrected chi connectivity index (χ2v) is 8.59. The number of hydrogen-bond acceptors (Lipinski definition) is 3. The van der Waals surface area contributed by atoms with Crippen LogP contribution in [0.1, 0.15) is 46.0 Å². The van der Waals surface area contributed by atoms with Gasteiger partial charge in [0.25, 0.3) is 0 Å². The summed E-state index contributed by atoms with van der Waals surface area (Å²) in [5.41, 5.74) is 0.313. The maximum absolute atomic E-state index is 13.1.